The predicted molar refractivity (Wildman–Crippen MR) is 151 cm³/mol. The van der Waals surface area contributed by atoms with Gasteiger partial charge in [0.15, 0.2) is 14.7 Å². The Morgan fingerprint density at radius 2 is 1.40 bits per heavy atom. The minimum atomic E-state index is -5.26. The van der Waals surface area contributed by atoms with E-state index in [1.54, 1.807) is 0 Å². The van der Waals surface area contributed by atoms with Gasteiger partial charge in [0.1, 0.15) is 0 Å². The van der Waals surface area contributed by atoms with Crippen LogP contribution in [-0.4, -0.2) is 37.0 Å². The number of hydrogen-bond donors (Lipinski definition) is 0. The number of rotatable bonds is 8. The maximum Gasteiger partial charge on any atom is 0.426 e. The quantitative estimate of drug-likeness (QED) is 0.160. The van der Waals surface area contributed by atoms with E-state index in [4.69, 9.17) is 4.74 Å². The molecule has 0 saturated heterocycles. The zero-order valence-electron chi connectivity index (χ0n) is 22.7. The van der Waals surface area contributed by atoms with Crippen molar-refractivity contribution in [1.82, 2.24) is 0 Å². The summed E-state index contributed by atoms with van der Waals surface area (Å²) in [5.74, 6) is -2.35. The van der Waals surface area contributed by atoms with E-state index in [0.717, 1.165) is 12.8 Å². The van der Waals surface area contributed by atoms with Crippen LogP contribution in [-0.2, 0) is 30.5 Å². The van der Waals surface area contributed by atoms with E-state index in [0.29, 0.717) is 19.3 Å². The van der Waals surface area contributed by atoms with Gasteiger partial charge in [-0.15, -0.1) is 0 Å². The summed E-state index contributed by atoms with van der Waals surface area (Å²) in [4.78, 5) is 17.0. The Morgan fingerprint density at radius 1 is 0.881 bits per heavy atom. The minimum absolute atomic E-state index is 0.0783. The molecule has 0 spiro atoms. The van der Waals surface area contributed by atoms with Gasteiger partial charge in [-0.2, -0.15) is 13.2 Å². The molecule has 0 amide bonds. The van der Waals surface area contributed by atoms with Crippen molar-refractivity contribution < 1.29 is 35.7 Å². The molecule has 42 heavy (non-hydrogen) atoms. The second-order valence-corrected chi connectivity index (χ2v) is 15.3. The zero-order chi connectivity index (χ0) is 29.7. The number of carbonyl (C=O) groups is 1. The first-order valence-electron chi connectivity index (χ1n) is 14.1. The van der Waals surface area contributed by atoms with Gasteiger partial charge in [0.25, 0.3) is 0 Å². The topological polar surface area (TPSA) is 83.5 Å². The van der Waals surface area contributed by atoms with E-state index in [1.807, 2.05) is 48.5 Å². The van der Waals surface area contributed by atoms with Gasteiger partial charge in [0.2, 0.25) is 6.10 Å². The average molecular weight is 617 g/mol. The molecule has 0 radical (unpaired) electrons. The van der Waals surface area contributed by atoms with Crippen molar-refractivity contribution in [2.75, 3.05) is 5.75 Å². The Morgan fingerprint density at radius 3 is 1.93 bits per heavy atom. The molecule has 5 nitrogen and oxygen atoms in total. The van der Waals surface area contributed by atoms with Crippen molar-refractivity contribution in [3.8, 4) is 0 Å². The van der Waals surface area contributed by atoms with Crippen LogP contribution >= 0.6 is 0 Å². The maximum absolute atomic E-state index is 13.6. The van der Waals surface area contributed by atoms with Gasteiger partial charge >= 0.3 is 12.1 Å². The first-order chi connectivity index (χ1) is 19.9. The van der Waals surface area contributed by atoms with Crippen molar-refractivity contribution in [3.63, 3.8) is 0 Å². The van der Waals surface area contributed by atoms with Crippen molar-refractivity contribution in [2.45, 2.75) is 65.0 Å². The van der Waals surface area contributed by atoms with E-state index in [-0.39, 0.29) is 34.6 Å². The second kappa shape index (κ2) is 11.0. The zero-order valence-corrected chi connectivity index (χ0v) is 24.3. The summed E-state index contributed by atoms with van der Waals surface area (Å²) >= 11 is 0. The lowest BCUT2D eigenvalue weighted by Gasteiger charge is -2.59. The number of alkyl halides is 3. The highest BCUT2D eigenvalue weighted by Crippen LogP contribution is 2.66. The molecule has 4 bridgehead atoms. The molecular weight excluding hydrogens is 585 g/mol. The Balaban J connectivity index is 1.33. The summed E-state index contributed by atoms with van der Waals surface area (Å²) in [6.07, 6.45) is -5.15. The molecular formula is C32H31F3O5S2. The molecule has 4 aliphatic rings. The predicted octanol–water partition coefficient (Wildman–Crippen LogP) is 6.71. The van der Waals surface area contributed by atoms with Crippen LogP contribution in [0.15, 0.2) is 99.6 Å². The van der Waals surface area contributed by atoms with Crippen molar-refractivity contribution in [3.05, 3.63) is 90.5 Å². The van der Waals surface area contributed by atoms with Crippen molar-refractivity contribution >= 4 is 27.0 Å². The monoisotopic (exact) mass is 616 g/mol. The van der Waals surface area contributed by atoms with Crippen molar-refractivity contribution in [1.29, 1.82) is 0 Å². The van der Waals surface area contributed by atoms with Gasteiger partial charge in [0.05, 0.1) is 32.2 Å². The van der Waals surface area contributed by atoms with Gasteiger partial charge in [-0.25, -0.2) is 8.42 Å². The highest BCUT2D eigenvalue weighted by atomic mass is 32.2. The SMILES string of the molecule is O=C(OC(CS(=O)(=O)[O-])C(F)(F)F)C12CC3CC(C1)C(c1ccccc1[S+](c1ccccc1)c1ccccc1)C(C3)C2. The smallest absolute Gasteiger partial charge is 0.426 e. The van der Waals surface area contributed by atoms with Crippen LogP contribution < -0.4 is 0 Å². The first-order valence-corrected chi connectivity index (χ1v) is 16.9. The Labute approximate surface area is 246 Å². The lowest BCUT2D eigenvalue weighted by Crippen LogP contribution is -2.55. The molecule has 0 heterocycles. The lowest BCUT2D eigenvalue weighted by molar-refractivity contribution is -0.227. The highest BCUT2D eigenvalue weighted by molar-refractivity contribution is 7.97. The third kappa shape index (κ3) is 5.73. The second-order valence-electron chi connectivity index (χ2n) is 11.9. The van der Waals surface area contributed by atoms with Crippen LogP contribution in [0.2, 0.25) is 0 Å². The van der Waals surface area contributed by atoms with E-state index in [2.05, 4.69) is 36.4 Å². The first kappa shape index (κ1) is 29.3. The normalized spacial score (nSPS) is 27.6. The number of halogens is 3. The standard InChI is InChI=1S/C32H31F3O5S2/c33-32(34,35)28(20-42(37,38)39)40-30(36)31-17-21-15-22(18-31)29(23(16-21)19-31)26-13-7-8-14-27(26)41(24-9-3-1-4-10-24)25-11-5-2-6-12-25/h1-14,21-23,28-29H,15-20H2. The van der Waals surface area contributed by atoms with Gasteiger partial charge in [-0.05, 0) is 86.1 Å². The third-order valence-electron chi connectivity index (χ3n) is 9.13. The van der Waals surface area contributed by atoms with Gasteiger partial charge in [-0.3, -0.25) is 4.79 Å². The number of carbonyl (C=O) groups excluding carboxylic acids is 1. The Kier molecular flexibility index (Phi) is 7.68. The van der Waals surface area contributed by atoms with Gasteiger partial charge in [-0.1, -0.05) is 54.6 Å². The largest absolute Gasteiger partial charge is 0.748 e. The number of benzene rings is 3. The van der Waals surface area contributed by atoms with E-state index in [1.165, 1.54) is 20.2 Å². The molecule has 4 fully saturated rings. The van der Waals surface area contributed by atoms with Crippen LogP contribution in [0.5, 0.6) is 0 Å². The molecule has 0 N–H and O–H groups in total. The Bertz CT molecular complexity index is 1490. The lowest BCUT2D eigenvalue weighted by atomic mass is 9.45. The fraction of sp³-hybridized carbons (Fsp3) is 0.406. The minimum Gasteiger partial charge on any atom is -0.748 e. The van der Waals surface area contributed by atoms with Gasteiger partial charge in [0, 0.05) is 5.56 Å². The summed E-state index contributed by atoms with van der Waals surface area (Å²) in [6.45, 7) is 0. The van der Waals surface area contributed by atoms with E-state index in [9.17, 15) is 30.9 Å². The van der Waals surface area contributed by atoms with Crippen molar-refractivity contribution in [2.24, 2.45) is 23.2 Å². The van der Waals surface area contributed by atoms with Crippen LogP contribution in [0.25, 0.3) is 0 Å². The summed E-state index contributed by atoms with van der Waals surface area (Å²) in [5.41, 5.74) is 0.120. The van der Waals surface area contributed by atoms with E-state index >= 15 is 0 Å². The summed E-state index contributed by atoms with van der Waals surface area (Å²) in [5, 5.41) is 0. The molecule has 4 aliphatic carbocycles. The summed E-state index contributed by atoms with van der Waals surface area (Å²) < 4.78 is 79.1. The average Bonchev–Trinajstić information content (AvgIpc) is 2.93. The number of ether oxygens (including phenoxy) is 1. The molecule has 0 aliphatic heterocycles. The molecule has 3 aromatic rings. The van der Waals surface area contributed by atoms with Crippen LogP contribution in [0.3, 0.4) is 0 Å². The number of hydrogen-bond acceptors (Lipinski definition) is 5. The van der Waals surface area contributed by atoms with Crippen LogP contribution in [0.4, 0.5) is 13.2 Å². The molecule has 3 unspecified atom stereocenters. The maximum atomic E-state index is 13.6. The molecule has 0 aromatic heterocycles. The molecule has 4 saturated carbocycles. The fourth-order valence-corrected chi connectivity index (χ4v) is 10.8. The molecule has 222 valence electrons. The molecule has 10 heteroatoms. The van der Waals surface area contributed by atoms with Gasteiger partial charge < -0.3 is 9.29 Å². The highest BCUT2D eigenvalue weighted by Gasteiger charge is 2.61. The third-order valence-corrected chi connectivity index (χ3v) is 12.1. The van der Waals surface area contributed by atoms with E-state index < -0.39 is 39.5 Å². The summed E-state index contributed by atoms with van der Waals surface area (Å²) in [6, 6.07) is 29.1. The number of esters is 1. The fourth-order valence-electron chi connectivity index (χ4n) is 7.86. The molecule has 3 aromatic carbocycles. The van der Waals surface area contributed by atoms with Crippen LogP contribution in [0.1, 0.15) is 43.6 Å². The Hall–Kier alpha value is -2.82. The molecule has 3 atom stereocenters. The van der Waals surface area contributed by atoms with Crippen LogP contribution in [0, 0.1) is 23.2 Å². The summed E-state index contributed by atoms with van der Waals surface area (Å²) in [7, 11) is -5.64. The molecule has 7 rings (SSSR count).